The monoisotopic (exact) mass is 422 g/mol. The Morgan fingerprint density at radius 2 is 1.72 bits per heavy atom. The topological polar surface area (TPSA) is 124 Å². The Hall–Kier alpha value is -4.51. The maximum atomic E-state index is 12.8. The normalized spacial score (nSPS) is 11.7. The van der Waals surface area contributed by atoms with Gasteiger partial charge in [0.25, 0.3) is 0 Å². The van der Waals surface area contributed by atoms with E-state index in [4.69, 9.17) is 10.2 Å². The van der Waals surface area contributed by atoms with Gasteiger partial charge in [0.05, 0.1) is 28.9 Å². The molecule has 32 heavy (non-hydrogen) atoms. The molecule has 0 atom stereocenters. The largest absolute Gasteiger partial charge is 0.424 e. The van der Waals surface area contributed by atoms with E-state index in [2.05, 4.69) is 21.0 Å². The van der Waals surface area contributed by atoms with Gasteiger partial charge in [-0.1, -0.05) is 18.2 Å². The van der Waals surface area contributed by atoms with Gasteiger partial charge in [-0.3, -0.25) is 4.98 Å². The molecule has 8 nitrogen and oxygen atoms in total. The number of oxazole rings is 1. The Kier molecular flexibility index (Phi) is 4.27. The molecule has 0 radical (unpaired) electrons. The van der Waals surface area contributed by atoms with Gasteiger partial charge in [0.2, 0.25) is 5.95 Å². The Labute approximate surface area is 182 Å². The summed E-state index contributed by atoms with van der Waals surface area (Å²) in [5.41, 5.74) is 9.84. The summed E-state index contributed by atoms with van der Waals surface area (Å²) in [6.45, 7) is 3.70. The molecule has 0 aliphatic rings. The quantitative estimate of drug-likeness (QED) is 0.466. The number of nitrogens with two attached hydrogens (primary N) is 1. The average molecular weight is 422 g/mol. The van der Waals surface area contributed by atoms with E-state index in [-0.39, 0.29) is 5.95 Å². The van der Waals surface area contributed by atoms with E-state index in [1.165, 1.54) is 4.57 Å². The number of fused-ring (bicyclic) bond motifs is 3. The summed E-state index contributed by atoms with van der Waals surface area (Å²) in [5, 5.41) is 10.2. The number of rotatable bonds is 3. The number of nitrogens with zero attached hydrogens (tertiary/aromatic N) is 5. The van der Waals surface area contributed by atoms with Crippen LogP contribution in [0.15, 0.2) is 70.3 Å². The van der Waals surface area contributed by atoms with Gasteiger partial charge < -0.3 is 10.2 Å². The van der Waals surface area contributed by atoms with Crippen molar-refractivity contribution < 1.29 is 4.42 Å². The van der Waals surface area contributed by atoms with Gasteiger partial charge in [-0.2, -0.15) is 5.26 Å². The second-order valence-electron chi connectivity index (χ2n) is 8.02. The summed E-state index contributed by atoms with van der Waals surface area (Å²) in [6, 6.07) is 15.3. The molecule has 5 aromatic rings. The van der Waals surface area contributed by atoms with Gasteiger partial charge in [0, 0.05) is 23.3 Å². The van der Waals surface area contributed by atoms with Gasteiger partial charge in [-0.15, -0.1) is 0 Å². The zero-order valence-corrected chi connectivity index (χ0v) is 17.4. The Morgan fingerprint density at radius 3 is 2.41 bits per heavy atom. The van der Waals surface area contributed by atoms with Crippen molar-refractivity contribution in [2.75, 3.05) is 5.73 Å². The first-order chi connectivity index (χ1) is 15.4. The highest BCUT2D eigenvalue weighted by Crippen LogP contribution is 2.30. The Balaban J connectivity index is 1.74. The van der Waals surface area contributed by atoms with Crippen LogP contribution in [0.3, 0.4) is 0 Å². The van der Waals surface area contributed by atoms with Crippen molar-refractivity contribution in [1.82, 2.24) is 19.5 Å². The van der Waals surface area contributed by atoms with E-state index in [9.17, 15) is 10.1 Å². The molecule has 0 spiro atoms. The summed E-state index contributed by atoms with van der Waals surface area (Å²) in [7, 11) is 0. The lowest BCUT2D eigenvalue weighted by Gasteiger charge is -2.16. The van der Waals surface area contributed by atoms with Crippen LogP contribution in [0.25, 0.3) is 38.8 Å². The Morgan fingerprint density at radius 1 is 1.00 bits per heavy atom. The van der Waals surface area contributed by atoms with Crippen molar-refractivity contribution in [3.63, 3.8) is 0 Å². The molecule has 3 heterocycles. The maximum Gasteiger partial charge on any atom is 0.424 e. The highest BCUT2D eigenvalue weighted by Gasteiger charge is 2.21. The molecule has 156 valence electrons. The number of benzene rings is 2. The lowest BCUT2D eigenvalue weighted by molar-refractivity contribution is 0.539. The first-order valence-electron chi connectivity index (χ1n) is 9.92. The van der Waals surface area contributed by atoms with Crippen LogP contribution < -0.4 is 11.5 Å². The van der Waals surface area contributed by atoms with Gasteiger partial charge in [-0.25, -0.2) is 19.3 Å². The molecule has 0 fully saturated rings. The van der Waals surface area contributed by atoms with Crippen LogP contribution in [0.5, 0.6) is 0 Å². The standard InChI is InChI=1S/C24H18N6O2/c1-24(2,13-25)16-4-6-17(7-5-16)30-21-18-9-14(15-10-28-22(26)29-11-15)3-8-19(18)27-12-20(21)32-23(30)31/h3-12H,1-2H3,(H2,26,28,29). The van der Waals surface area contributed by atoms with Crippen molar-refractivity contribution in [3.05, 3.63) is 77.2 Å². The fraction of sp³-hybridized carbons (Fsp3) is 0.125. The molecule has 0 saturated heterocycles. The van der Waals surface area contributed by atoms with Crippen molar-refractivity contribution in [1.29, 1.82) is 5.26 Å². The lowest BCUT2D eigenvalue weighted by Crippen LogP contribution is -2.15. The summed E-state index contributed by atoms with van der Waals surface area (Å²) >= 11 is 0. The fourth-order valence-corrected chi connectivity index (χ4v) is 3.69. The number of nitriles is 1. The van der Waals surface area contributed by atoms with Crippen LogP contribution in [0.4, 0.5) is 5.95 Å². The third kappa shape index (κ3) is 3.08. The first-order valence-corrected chi connectivity index (χ1v) is 9.92. The second-order valence-corrected chi connectivity index (χ2v) is 8.02. The van der Waals surface area contributed by atoms with E-state index in [0.29, 0.717) is 16.8 Å². The summed E-state index contributed by atoms with van der Waals surface area (Å²) in [6.07, 6.45) is 4.85. The zero-order chi connectivity index (χ0) is 22.5. The third-order valence-electron chi connectivity index (χ3n) is 5.54. The van der Waals surface area contributed by atoms with Crippen molar-refractivity contribution >= 4 is 28.0 Å². The van der Waals surface area contributed by atoms with Gasteiger partial charge >= 0.3 is 5.76 Å². The molecule has 0 aliphatic carbocycles. The number of hydrogen-bond acceptors (Lipinski definition) is 7. The predicted molar refractivity (Wildman–Crippen MR) is 121 cm³/mol. The molecule has 0 aliphatic heterocycles. The minimum absolute atomic E-state index is 0.199. The summed E-state index contributed by atoms with van der Waals surface area (Å²) in [5.74, 6) is -0.312. The SMILES string of the molecule is CC(C)(C#N)c1ccc(-n2c(=O)oc3cnc4ccc(-c5cnc(N)nc5)cc4c32)cc1. The zero-order valence-electron chi connectivity index (χ0n) is 17.4. The fourth-order valence-electron chi connectivity index (χ4n) is 3.69. The highest BCUT2D eigenvalue weighted by atomic mass is 16.4. The molecule has 0 saturated carbocycles. The summed E-state index contributed by atoms with van der Waals surface area (Å²) in [4.78, 5) is 25.3. The predicted octanol–water partition coefficient (Wildman–Crippen LogP) is 3.97. The number of pyridine rings is 1. The number of anilines is 1. The van der Waals surface area contributed by atoms with E-state index < -0.39 is 11.2 Å². The van der Waals surface area contributed by atoms with Gasteiger partial charge in [0.1, 0.15) is 5.52 Å². The molecular formula is C24H18N6O2. The number of nitrogen functional groups attached to an aromatic ring is 1. The maximum absolute atomic E-state index is 12.8. The molecule has 3 aromatic heterocycles. The van der Waals surface area contributed by atoms with Crippen LogP contribution in [-0.4, -0.2) is 19.5 Å². The molecule has 0 unspecified atom stereocenters. The van der Waals surface area contributed by atoms with Crippen molar-refractivity contribution in [2.24, 2.45) is 0 Å². The van der Waals surface area contributed by atoms with E-state index in [0.717, 1.165) is 27.6 Å². The molecule has 8 heteroatoms. The molecule has 0 amide bonds. The van der Waals surface area contributed by atoms with Gasteiger partial charge in [-0.05, 0) is 49.2 Å². The van der Waals surface area contributed by atoms with E-state index >= 15 is 0 Å². The third-order valence-corrected chi connectivity index (χ3v) is 5.54. The minimum Gasteiger partial charge on any atom is -0.406 e. The molecular weight excluding hydrogens is 404 g/mol. The average Bonchev–Trinajstić information content (AvgIpc) is 3.15. The number of aromatic nitrogens is 4. The van der Waals surface area contributed by atoms with Gasteiger partial charge in [0.15, 0.2) is 5.58 Å². The van der Waals surface area contributed by atoms with Crippen LogP contribution in [0.2, 0.25) is 0 Å². The molecule has 0 bridgehead atoms. The van der Waals surface area contributed by atoms with Crippen LogP contribution >= 0.6 is 0 Å². The lowest BCUT2D eigenvalue weighted by atomic mass is 9.86. The van der Waals surface area contributed by atoms with Crippen molar-refractivity contribution in [2.45, 2.75) is 19.3 Å². The van der Waals surface area contributed by atoms with Crippen LogP contribution in [-0.2, 0) is 5.41 Å². The summed E-state index contributed by atoms with van der Waals surface area (Å²) < 4.78 is 7.01. The molecule has 2 aromatic carbocycles. The smallest absolute Gasteiger partial charge is 0.406 e. The molecule has 2 N–H and O–H groups in total. The second kappa shape index (κ2) is 7.03. The molecule has 5 rings (SSSR count). The van der Waals surface area contributed by atoms with Crippen LogP contribution in [0.1, 0.15) is 19.4 Å². The van der Waals surface area contributed by atoms with E-state index in [1.807, 2.05) is 56.3 Å². The van der Waals surface area contributed by atoms with Crippen molar-refractivity contribution in [3.8, 4) is 22.9 Å². The number of hydrogen-bond donors (Lipinski definition) is 1. The van der Waals surface area contributed by atoms with Crippen LogP contribution in [0, 0.1) is 11.3 Å². The highest BCUT2D eigenvalue weighted by molar-refractivity contribution is 6.03. The first kappa shape index (κ1) is 19.5. The van der Waals surface area contributed by atoms with E-state index in [1.54, 1.807) is 18.6 Å². The Bertz CT molecular complexity index is 1570. The minimum atomic E-state index is -0.630.